The molecule has 54 heavy (non-hydrogen) atoms. The van der Waals surface area contributed by atoms with Crippen LogP contribution in [-0.4, -0.2) is 9.97 Å². The van der Waals surface area contributed by atoms with Gasteiger partial charge in [-0.2, -0.15) is 0 Å². The molecule has 2 heteroatoms. The standard InChI is InChI=1S/C52H40N2/c1-51(2)44-21-12-11-20-40(44)42-30-47-43(31-46(42)51)41-27-26-39(29-45(41)52(47,3)4)38-19-13-18-37(28-38)33-22-24-35(25-23-33)49-32-48(34-14-7-5-8-15-34)53-50(54-49)36-16-9-6-10-17-36/h5-32H,1-4H3. The van der Waals surface area contributed by atoms with Crippen molar-refractivity contribution in [2.24, 2.45) is 0 Å². The average molecular weight is 693 g/mol. The minimum Gasteiger partial charge on any atom is -0.228 e. The first kappa shape index (κ1) is 32.3. The molecule has 7 aromatic carbocycles. The van der Waals surface area contributed by atoms with E-state index in [1.165, 1.54) is 66.8 Å². The molecule has 0 bridgehead atoms. The molecule has 2 nitrogen and oxygen atoms in total. The van der Waals surface area contributed by atoms with Gasteiger partial charge in [-0.15, -0.1) is 0 Å². The molecule has 2 aliphatic carbocycles. The predicted molar refractivity (Wildman–Crippen MR) is 224 cm³/mol. The average Bonchev–Trinajstić information content (AvgIpc) is 3.59. The van der Waals surface area contributed by atoms with Crippen LogP contribution in [0.2, 0.25) is 0 Å². The van der Waals surface area contributed by atoms with E-state index in [2.05, 4.69) is 173 Å². The maximum absolute atomic E-state index is 5.03. The van der Waals surface area contributed by atoms with Crippen molar-refractivity contribution in [2.75, 3.05) is 0 Å². The van der Waals surface area contributed by atoms with Gasteiger partial charge in [0.1, 0.15) is 0 Å². The molecule has 0 amide bonds. The third kappa shape index (κ3) is 5.09. The summed E-state index contributed by atoms with van der Waals surface area (Å²) in [6.45, 7) is 9.52. The molecule has 1 heterocycles. The van der Waals surface area contributed by atoms with Crippen molar-refractivity contribution in [3.8, 4) is 78.4 Å². The summed E-state index contributed by atoms with van der Waals surface area (Å²) in [4.78, 5) is 10.00. The summed E-state index contributed by atoms with van der Waals surface area (Å²) in [7, 11) is 0. The molecule has 0 saturated heterocycles. The number of benzene rings is 7. The Morgan fingerprint density at radius 3 is 1.41 bits per heavy atom. The predicted octanol–water partition coefficient (Wildman–Crippen LogP) is 13.4. The minimum absolute atomic E-state index is 0.0164. The molecule has 0 unspecified atom stereocenters. The summed E-state index contributed by atoms with van der Waals surface area (Å²) < 4.78 is 0. The first-order chi connectivity index (χ1) is 26.3. The second kappa shape index (κ2) is 12.1. The molecule has 258 valence electrons. The Balaban J connectivity index is 0.979. The van der Waals surface area contributed by atoms with Crippen LogP contribution < -0.4 is 0 Å². The fourth-order valence-corrected chi connectivity index (χ4v) is 8.89. The van der Waals surface area contributed by atoms with Crippen molar-refractivity contribution < 1.29 is 0 Å². The first-order valence-corrected chi connectivity index (χ1v) is 18.9. The molecule has 2 aliphatic rings. The van der Waals surface area contributed by atoms with Crippen LogP contribution in [0.5, 0.6) is 0 Å². The van der Waals surface area contributed by atoms with Crippen LogP contribution in [0.3, 0.4) is 0 Å². The Labute approximate surface area is 317 Å². The van der Waals surface area contributed by atoms with E-state index in [1.54, 1.807) is 0 Å². The van der Waals surface area contributed by atoms with Crippen molar-refractivity contribution in [3.63, 3.8) is 0 Å². The van der Waals surface area contributed by atoms with Crippen LogP contribution in [-0.2, 0) is 10.8 Å². The molecule has 0 fully saturated rings. The molecule has 0 spiro atoms. The lowest BCUT2D eigenvalue weighted by Crippen LogP contribution is -2.17. The molecule has 0 radical (unpaired) electrons. The summed E-state index contributed by atoms with van der Waals surface area (Å²) in [5.41, 5.74) is 20.8. The number of fused-ring (bicyclic) bond motifs is 6. The Morgan fingerprint density at radius 1 is 0.296 bits per heavy atom. The fourth-order valence-electron chi connectivity index (χ4n) is 8.89. The largest absolute Gasteiger partial charge is 0.228 e. The van der Waals surface area contributed by atoms with Gasteiger partial charge in [0.2, 0.25) is 0 Å². The van der Waals surface area contributed by atoms with Crippen LogP contribution in [0.15, 0.2) is 170 Å². The maximum Gasteiger partial charge on any atom is 0.160 e. The van der Waals surface area contributed by atoms with E-state index >= 15 is 0 Å². The number of aromatic nitrogens is 2. The van der Waals surface area contributed by atoms with Crippen molar-refractivity contribution in [1.29, 1.82) is 0 Å². The first-order valence-electron chi connectivity index (χ1n) is 18.9. The van der Waals surface area contributed by atoms with Crippen LogP contribution in [0, 0.1) is 0 Å². The van der Waals surface area contributed by atoms with E-state index in [1.807, 2.05) is 24.3 Å². The number of rotatable bonds is 5. The third-order valence-corrected chi connectivity index (χ3v) is 11.9. The highest BCUT2D eigenvalue weighted by molar-refractivity contribution is 5.91. The van der Waals surface area contributed by atoms with Crippen molar-refractivity contribution in [1.82, 2.24) is 9.97 Å². The van der Waals surface area contributed by atoms with Gasteiger partial charge < -0.3 is 0 Å². The van der Waals surface area contributed by atoms with Crippen LogP contribution in [0.25, 0.3) is 78.4 Å². The van der Waals surface area contributed by atoms with Crippen molar-refractivity contribution in [3.05, 3.63) is 192 Å². The molecular weight excluding hydrogens is 653 g/mol. The van der Waals surface area contributed by atoms with E-state index in [-0.39, 0.29) is 10.8 Å². The highest BCUT2D eigenvalue weighted by Crippen LogP contribution is 2.56. The Morgan fingerprint density at radius 2 is 0.741 bits per heavy atom. The van der Waals surface area contributed by atoms with Gasteiger partial charge in [0.05, 0.1) is 11.4 Å². The molecular formula is C52H40N2. The van der Waals surface area contributed by atoms with Crippen LogP contribution >= 0.6 is 0 Å². The van der Waals surface area contributed by atoms with Gasteiger partial charge in [0.25, 0.3) is 0 Å². The molecule has 1 aromatic heterocycles. The van der Waals surface area contributed by atoms with E-state index in [0.29, 0.717) is 0 Å². The molecule has 0 saturated carbocycles. The lowest BCUT2D eigenvalue weighted by Gasteiger charge is -2.24. The number of hydrogen-bond acceptors (Lipinski definition) is 2. The van der Waals surface area contributed by atoms with Crippen molar-refractivity contribution >= 4 is 0 Å². The van der Waals surface area contributed by atoms with Crippen LogP contribution in [0.4, 0.5) is 0 Å². The lowest BCUT2D eigenvalue weighted by molar-refractivity contribution is 0.652. The van der Waals surface area contributed by atoms with Gasteiger partial charge >= 0.3 is 0 Å². The van der Waals surface area contributed by atoms with Gasteiger partial charge in [-0.05, 0) is 97.1 Å². The fraction of sp³-hybridized carbons (Fsp3) is 0.115. The van der Waals surface area contributed by atoms with Gasteiger partial charge in [0.15, 0.2) is 5.82 Å². The quantitative estimate of drug-likeness (QED) is 0.179. The highest BCUT2D eigenvalue weighted by atomic mass is 14.9. The Kier molecular flexibility index (Phi) is 7.22. The van der Waals surface area contributed by atoms with Gasteiger partial charge in [-0.3, -0.25) is 0 Å². The SMILES string of the molecule is CC1(C)c2ccccc2-c2cc3c(cc21)-c1ccc(-c2cccc(-c4ccc(-c5cc(-c6ccccc6)nc(-c6ccccc6)n5)cc4)c2)cc1C3(C)C. The highest BCUT2D eigenvalue weighted by Gasteiger charge is 2.41. The summed E-state index contributed by atoms with van der Waals surface area (Å²) >= 11 is 0. The minimum atomic E-state index is -0.105. The Bertz CT molecular complexity index is 2680. The maximum atomic E-state index is 5.03. The smallest absolute Gasteiger partial charge is 0.160 e. The van der Waals surface area contributed by atoms with Crippen molar-refractivity contribution in [2.45, 2.75) is 38.5 Å². The molecule has 10 rings (SSSR count). The summed E-state index contributed by atoms with van der Waals surface area (Å²) in [6, 6.07) is 61.4. The zero-order valence-electron chi connectivity index (χ0n) is 31.1. The van der Waals surface area contributed by atoms with E-state index in [4.69, 9.17) is 9.97 Å². The topological polar surface area (TPSA) is 25.8 Å². The van der Waals surface area contributed by atoms with Gasteiger partial charge in [-0.1, -0.05) is 167 Å². The molecule has 0 N–H and O–H groups in total. The molecule has 0 aliphatic heterocycles. The second-order valence-electron chi connectivity index (χ2n) is 15.9. The molecule has 8 aromatic rings. The summed E-state index contributed by atoms with van der Waals surface area (Å²) in [5, 5.41) is 0. The van der Waals surface area contributed by atoms with Gasteiger partial charge in [0, 0.05) is 27.5 Å². The Hall–Kier alpha value is -6.38. The monoisotopic (exact) mass is 692 g/mol. The van der Waals surface area contributed by atoms with Gasteiger partial charge in [-0.25, -0.2) is 9.97 Å². The van der Waals surface area contributed by atoms with E-state index in [9.17, 15) is 0 Å². The number of hydrogen-bond donors (Lipinski definition) is 0. The van der Waals surface area contributed by atoms with E-state index < -0.39 is 0 Å². The molecule has 0 atom stereocenters. The van der Waals surface area contributed by atoms with E-state index in [0.717, 1.165) is 33.9 Å². The normalized spacial score (nSPS) is 14.2. The summed E-state index contributed by atoms with van der Waals surface area (Å²) in [6.07, 6.45) is 0. The third-order valence-electron chi connectivity index (χ3n) is 11.9. The van der Waals surface area contributed by atoms with Crippen LogP contribution in [0.1, 0.15) is 49.9 Å². The zero-order chi connectivity index (χ0) is 36.6. The summed E-state index contributed by atoms with van der Waals surface area (Å²) in [5.74, 6) is 0.725. The zero-order valence-corrected chi connectivity index (χ0v) is 31.1. The number of nitrogens with zero attached hydrogens (tertiary/aromatic N) is 2. The second-order valence-corrected chi connectivity index (χ2v) is 15.9. The lowest BCUT2D eigenvalue weighted by atomic mass is 9.79.